The smallest absolute Gasteiger partial charge is 0.310 e. The van der Waals surface area contributed by atoms with Crippen molar-refractivity contribution >= 4 is 22.2 Å². The van der Waals surface area contributed by atoms with Crippen molar-refractivity contribution in [1.82, 2.24) is 4.98 Å². The molecule has 0 saturated heterocycles. The monoisotopic (exact) mass is 259 g/mol. The molecule has 0 atom stereocenters. The summed E-state index contributed by atoms with van der Waals surface area (Å²) in [5, 5.41) is 0. The number of pyridine rings is 1. The van der Waals surface area contributed by atoms with Crippen LogP contribution in [-0.2, 0) is 16.0 Å². The largest absolute Gasteiger partial charge is 0.466 e. The van der Waals surface area contributed by atoms with Gasteiger partial charge in [-0.1, -0.05) is 0 Å². The fourth-order valence-corrected chi connectivity index (χ4v) is 1.16. The Balaban J connectivity index is 2.62. The van der Waals surface area contributed by atoms with Gasteiger partial charge < -0.3 is 8.57 Å². The van der Waals surface area contributed by atoms with Crippen LogP contribution < -0.4 is 3.83 Å². The van der Waals surface area contributed by atoms with Gasteiger partial charge in [-0.3, -0.25) is 9.78 Å². The van der Waals surface area contributed by atoms with Crippen molar-refractivity contribution in [3.63, 3.8) is 0 Å². The van der Waals surface area contributed by atoms with Gasteiger partial charge in [-0.05, 0) is 18.6 Å². The van der Waals surface area contributed by atoms with Gasteiger partial charge in [-0.15, -0.1) is 0 Å². The Hall–Kier alpha value is -1.10. The van der Waals surface area contributed by atoms with Gasteiger partial charge in [0.05, 0.1) is 19.2 Å². The van der Waals surface area contributed by atoms with E-state index < -0.39 is 0 Å². The third-order valence-electron chi connectivity index (χ3n) is 1.51. The SMILES string of the molecule is CCOC(=O)Cc1cncc(OBr)c1. The third kappa shape index (κ3) is 3.33. The molecule has 0 N–H and O–H groups in total. The van der Waals surface area contributed by atoms with Gasteiger partial charge in [-0.25, -0.2) is 0 Å². The highest BCUT2D eigenvalue weighted by atomic mass is 79.9. The number of nitrogens with zero attached hydrogens (tertiary/aromatic N) is 1. The first kappa shape index (κ1) is 11.0. The van der Waals surface area contributed by atoms with E-state index in [0.717, 1.165) is 5.56 Å². The molecule has 76 valence electrons. The molecule has 0 aliphatic carbocycles. The van der Waals surface area contributed by atoms with Gasteiger partial charge in [0.2, 0.25) is 0 Å². The summed E-state index contributed by atoms with van der Waals surface area (Å²) in [7, 11) is 0. The van der Waals surface area contributed by atoms with Gasteiger partial charge >= 0.3 is 5.97 Å². The molecule has 1 heterocycles. The number of ether oxygens (including phenoxy) is 1. The molecule has 0 spiro atoms. The van der Waals surface area contributed by atoms with Gasteiger partial charge in [0, 0.05) is 6.20 Å². The fraction of sp³-hybridized carbons (Fsp3) is 0.333. The molecule has 14 heavy (non-hydrogen) atoms. The number of hydrogen-bond donors (Lipinski definition) is 0. The standard InChI is InChI=1S/C9H10BrNO3/c1-2-13-9(12)4-7-3-8(14-10)6-11-5-7/h3,5-6H,2,4H2,1H3. The van der Waals surface area contributed by atoms with E-state index in [2.05, 4.69) is 21.2 Å². The van der Waals surface area contributed by atoms with Crippen LogP contribution in [0.5, 0.6) is 5.75 Å². The van der Waals surface area contributed by atoms with Crippen molar-refractivity contribution in [2.45, 2.75) is 13.3 Å². The predicted octanol–water partition coefficient (Wildman–Crippen LogP) is 1.88. The van der Waals surface area contributed by atoms with Gasteiger partial charge in [-0.2, -0.15) is 0 Å². The maximum absolute atomic E-state index is 11.1. The maximum atomic E-state index is 11.1. The second-order valence-corrected chi connectivity index (χ2v) is 2.91. The number of esters is 1. The molecule has 5 heteroatoms. The normalized spacial score (nSPS) is 9.57. The third-order valence-corrected chi connectivity index (χ3v) is 1.89. The molecular weight excluding hydrogens is 250 g/mol. The molecule has 0 saturated carbocycles. The lowest BCUT2D eigenvalue weighted by molar-refractivity contribution is -0.142. The number of hydrogen-bond acceptors (Lipinski definition) is 4. The first-order valence-electron chi connectivity index (χ1n) is 4.14. The Kier molecular flexibility index (Phi) is 4.39. The van der Waals surface area contributed by atoms with Crippen LogP contribution >= 0.6 is 16.3 Å². The Morgan fingerprint density at radius 1 is 1.57 bits per heavy atom. The average Bonchev–Trinajstić information content (AvgIpc) is 2.18. The maximum Gasteiger partial charge on any atom is 0.310 e. The number of carbonyl (C=O) groups excluding carboxylic acids is 1. The van der Waals surface area contributed by atoms with Crippen LogP contribution in [0.2, 0.25) is 0 Å². The number of rotatable bonds is 4. The zero-order valence-electron chi connectivity index (χ0n) is 7.70. The van der Waals surface area contributed by atoms with Crippen LogP contribution in [0.25, 0.3) is 0 Å². The Labute approximate surface area is 90.7 Å². The topological polar surface area (TPSA) is 48.4 Å². The summed E-state index contributed by atoms with van der Waals surface area (Å²) in [6.07, 6.45) is 3.36. The van der Waals surface area contributed by atoms with Crippen LogP contribution in [-0.4, -0.2) is 17.6 Å². The summed E-state index contributed by atoms with van der Waals surface area (Å²) < 4.78 is 9.59. The molecule has 0 aromatic carbocycles. The van der Waals surface area contributed by atoms with Crippen molar-refractivity contribution in [3.05, 3.63) is 24.0 Å². The molecular formula is C9H10BrNO3. The van der Waals surface area contributed by atoms with E-state index in [-0.39, 0.29) is 12.4 Å². The van der Waals surface area contributed by atoms with Crippen LogP contribution in [0, 0.1) is 0 Å². The Morgan fingerprint density at radius 3 is 3.00 bits per heavy atom. The van der Waals surface area contributed by atoms with Gasteiger partial charge in [0.1, 0.15) is 0 Å². The van der Waals surface area contributed by atoms with E-state index in [1.54, 1.807) is 25.4 Å². The molecule has 0 amide bonds. The van der Waals surface area contributed by atoms with Gasteiger partial charge in [0.15, 0.2) is 22.0 Å². The molecule has 1 rings (SSSR count). The van der Waals surface area contributed by atoms with E-state index >= 15 is 0 Å². The highest BCUT2D eigenvalue weighted by molar-refractivity contribution is 9.06. The summed E-state index contributed by atoms with van der Waals surface area (Å²) in [6, 6.07) is 1.72. The van der Waals surface area contributed by atoms with E-state index in [1.807, 2.05) is 0 Å². The van der Waals surface area contributed by atoms with E-state index in [1.165, 1.54) is 0 Å². The lowest BCUT2D eigenvalue weighted by Crippen LogP contribution is -2.07. The summed E-state index contributed by atoms with van der Waals surface area (Å²) >= 11 is 2.83. The highest BCUT2D eigenvalue weighted by Crippen LogP contribution is 2.13. The first-order chi connectivity index (χ1) is 6.76. The molecule has 0 unspecified atom stereocenters. The van der Waals surface area contributed by atoms with Crippen LogP contribution in [0.15, 0.2) is 18.5 Å². The second kappa shape index (κ2) is 5.59. The molecule has 1 aromatic rings. The minimum absolute atomic E-state index is 0.213. The molecule has 0 aliphatic heterocycles. The summed E-state index contributed by atoms with van der Waals surface area (Å²) in [5.74, 6) is 0.299. The molecule has 1 aromatic heterocycles. The number of carbonyl (C=O) groups is 1. The van der Waals surface area contributed by atoms with Crippen molar-refractivity contribution in [2.24, 2.45) is 0 Å². The zero-order chi connectivity index (χ0) is 10.4. The molecule has 0 bridgehead atoms. The predicted molar refractivity (Wildman–Crippen MR) is 54.1 cm³/mol. The summed E-state index contributed by atoms with van der Waals surface area (Å²) in [6.45, 7) is 2.16. The number of halogens is 1. The van der Waals surface area contributed by atoms with Crippen LogP contribution in [0.4, 0.5) is 0 Å². The molecule has 0 aliphatic rings. The Morgan fingerprint density at radius 2 is 2.36 bits per heavy atom. The van der Waals surface area contributed by atoms with E-state index in [9.17, 15) is 4.79 Å². The lowest BCUT2D eigenvalue weighted by Gasteiger charge is -2.02. The number of aromatic nitrogens is 1. The highest BCUT2D eigenvalue weighted by Gasteiger charge is 2.05. The molecule has 0 fully saturated rings. The minimum atomic E-state index is -0.263. The zero-order valence-corrected chi connectivity index (χ0v) is 9.28. The Bertz CT molecular complexity index is 317. The van der Waals surface area contributed by atoms with E-state index in [0.29, 0.717) is 12.4 Å². The van der Waals surface area contributed by atoms with E-state index in [4.69, 9.17) is 8.57 Å². The second-order valence-electron chi connectivity index (χ2n) is 2.59. The molecule has 4 nitrogen and oxygen atoms in total. The minimum Gasteiger partial charge on any atom is -0.466 e. The van der Waals surface area contributed by atoms with Crippen LogP contribution in [0.3, 0.4) is 0 Å². The summed E-state index contributed by atoms with van der Waals surface area (Å²) in [4.78, 5) is 15.0. The quantitative estimate of drug-likeness (QED) is 0.775. The average molecular weight is 260 g/mol. The van der Waals surface area contributed by atoms with Crippen molar-refractivity contribution in [2.75, 3.05) is 6.61 Å². The van der Waals surface area contributed by atoms with Crippen molar-refractivity contribution < 1.29 is 13.4 Å². The van der Waals surface area contributed by atoms with Gasteiger partial charge in [0.25, 0.3) is 0 Å². The first-order valence-corrected chi connectivity index (χ1v) is 4.79. The van der Waals surface area contributed by atoms with Crippen molar-refractivity contribution in [1.29, 1.82) is 0 Å². The summed E-state index contributed by atoms with van der Waals surface area (Å²) in [5.41, 5.74) is 0.764. The fourth-order valence-electron chi connectivity index (χ4n) is 0.981. The molecule has 0 radical (unpaired) electrons. The van der Waals surface area contributed by atoms with Crippen LogP contribution in [0.1, 0.15) is 12.5 Å². The van der Waals surface area contributed by atoms with Crippen molar-refractivity contribution in [3.8, 4) is 5.75 Å². The lowest BCUT2D eigenvalue weighted by atomic mass is 10.2.